The molecule has 4 aromatic carbocycles. The van der Waals surface area contributed by atoms with Crippen LogP contribution in [0.1, 0.15) is 22.3 Å². The number of benzene rings is 4. The van der Waals surface area contributed by atoms with Gasteiger partial charge in [-0.2, -0.15) is 0 Å². The van der Waals surface area contributed by atoms with Gasteiger partial charge < -0.3 is 20.8 Å². The third kappa shape index (κ3) is 11.7. The largest absolute Gasteiger partial charge is 0.410 e. The summed E-state index contributed by atoms with van der Waals surface area (Å²) >= 11 is 0. The molecule has 0 saturated carbocycles. The molecule has 0 radical (unpaired) electrons. The molecular formula is C38H14F20FeN6O4. The fourth-order valence-electron chi connectivity index (χ4n) is 4.74. The van der Waals surface area contributed by atoms with Gasteiger partial charge in [-0.25, -0.2) is 87.8 Å². The minimum Gasteiger partial charge on any atom is -0.410 e. The molecule has 0 atom stereocenters. The second-order valence-electron chi connectivity index (χ2n) is 11.6. The summed E-state index contributed by atoms with van der Waals surface area (Å²) in [6.07, 6.45) is 7.00. The van der Waals surface area contributed by atoms with Crippen molar-refractivity contribution in [3.05, 3.63) is 200 Å². The maximum absolute atomic E-state index is 13.8. The molecule has 0 spiro atoms. The Hall–Kier alpha value is -7.82. The zero-order valence-electron chi connectivity index (χ0n) is 32.2. The van der Waals surface area contributed by atoms with Crippen LogP contribution < -0.4 is 0 Å². The second-order valence-corrected chi connectivity index (χ2v) is 11.6. The predicted octanol–water partition coefficient (Wildman–Crippen LogP) is 10.4. The van der Waals surface area contributed by atoms with Crippen LogP contribution in [-0.4, -0.2) is 53.6 Å². The fourth-order valence-corrected chi connectivity index (χ4v) is 4.74. The van der Waals surface area contributed by atoms with Gasteiger partial charge in [-0.1, -0.05) is 32.8 Å². The van der Waals surface area contributed by atoms with E-state index in [1.807, 2.05) is 57.0 Å². The molecule has 0 fully saturated rings. The number of rotatable bonds is 6. The molecule has 0 aliphatic carbocycles. The van der Waals surface area contributed by atoms with Crippen LogP contribution in [0.25, 0.3) is 0 Å². The van der Waals surface area contributed by atoms with Crippen LogP contribution in [0.3, 0.4) is 0 Å². The van der Waals surface area contributed by atoms with Crippen molar-refractivity contribution in [1.82, 2.24) is 9.97 Å². The van der Waals surface area contributed by atoms with Crippen LogP contribution in [0, 0.1) is 116 Å². The van der Waals surface area contributed by atoms with E-state index in [1.165, 1.54) is 0 Å². The first-order chi connectivity index (χ1) is 32.0. The summed E-state index contributed by atoms with van der Waals surface area (Å²) in [6.45, 7) is 0. The van der Waals surface area contributed by atoms with Crippen LogP contribution in [0.15, 0.2) is 81.8 Å². The van der Waals surface area contributed by atoms with Gasteiger partial charge in [0.25, 0.3) is 0 Å². The number of hydrogen-bond acceptors (Lipinski definition) is 10. The Morgan fingerprint density at radius 2 is 0.377 bits per heavy atom. The third-order valence-electron chi connectivity index (χ3n) is 7.77. The first-order valence-corrected chi connectivity index (χ1v) is 16.7. The summed E-state index contributed by atoms with van der Waals surface area (Å²) in [5.41, 5.74) is -16.8. The second kappa shape index (κ2) is 24.8. The Morgan fingerprint density at radius 3 is 0.464 bits per heavy atom. The van der Waals surface area contributed by atoms with Gasteiger partial charge in [0, 0.05) is 41.9 Å². The molecule has 2 aromatic heterocycles. The SMILES string of the molecule is O/N=C(/C(=N/O)c1c(F)c(F)c(F)c(F)c1F)c1c(F)c(F)c(F)c(F)c1F.O/N=C(/C(=N/O)c1c(F)c(F)c(F)c(F)c1F)c1c(F)c(F)c(F)c(F)c1F.[Fe].c1ccncc1.c1ccncc1. The van der Waals surface area contributed by atoms with Gasteiger partial charge in [-0.3, -0.25) is 9.97 Å². The summed E-state index contributed by atoms with van der Waals surface area (Å²) in [4.78, 5) is 7.57. The summed E-state index contributed by atoms with van der Waals surface area (Å²) < 4.78 is 269. The smallest absolute Gasteiger partial charge is 0.200 e. The maximum Gasteiger partial charge on any atom is 0.200 e. The Bertz CT molecular complexity index is 2440. The van der Waals surface area contributed by atoms with Gasteiger partial charge in [0.15, 0.2) is 93.1 Å². The predicted molar refractivity (Wildman–Crippen MR) is 187 cm³/mol. The van der Waals surface area contributed by atoms with E-state index in [1.54, 1.807) is 24.8 Å². The number of aromatic nitrogens is 2. The first kappa shape index (κ1) is 57.3. The van der Waals surface area contributed by atoms with Gasteiger partial charge in [0.2, 0.25) is 23.3 Å². The molecule has 4 N–H and O–H groups in total. The number of oxime groups is 4. The molecule has 31 heteroatoms. The fraction of sp³-hybridized carbons (Fsp3) is 0. The van der Waals surface area contributed by atoms with Gasteiger partial charge in [0.05, 0.1) is 22.3 Å². The summed E-state index contributed by atoms with van der Waals surface area (Å²) in [7, 11) is 0. The van der Waals surface area contributed by atoms with Crippen LogP contribution in [-0.2, 0) is 17.1 Å². The van der Waals surface area contributed by atoms with Crippen molar-refractivity contribution in [2.75, 3.05) is 0 Å². The molecule has 2 heterocycles. The van der Waals surface area contributed by atoms with E-state index >= 15 is 0 Å². The van der Waals surface area contributed by atoms with Crippen molar-refractivity contribution in [1.29, 1.82) is 0 Å². The van der Waals surface area contributed by atoms with E-state index in [0.29, 0.717) is 0 Å². The Labute approximate surface area is 378 Å². The van der Waals surface area contributed by atoms with Gasteiger partial charge >= 0.3 is 0 Å². The Morgan fingerprint density at radius 1 is 0.246 bits per heavy atom. The standard InChI is InChI=1S/2C14H2F10N2O2.2C5H5N.Fe/c2*15-3-1(4(16)8(20)11(23)7(3)19)13(25-27)14(26-28)2-5(17)9(21)12(24)10(22)6(2)18;2*1-2-4-6-5-3-1;/h2*27-28H;2*1-5H;/b2*25-13+,26-14+;;;. The van der Waals surface area contributed by atoms with Crippen LogP contribution >= 0.6 is 0 Å². The molecular weight excluding hydrogens is 1040 g/mol. The Kier molecular flexibility index (Phi) is 20.6. The van der Waals surface area contributed by atoms with E-state index in [2.05, 4.69) is 9.97 Å². The number of hydrogen-bond donors (Lipinski definition) is 4. The average Bonchev–Trinajstić information content (AvgIpc) is 3.36. The van der Waals surface area contributed by atoms with E-state index < -0.39 is 161 Å². The van der Waals surface area contributed by atoms with Gasteiger partial charge in [-0.05, 0) is 24.3 Å². The van der Waals surface area contributed by atoms with Crippen LogP contribution in [0.2, 0.25) is 0 Å². The molecule has 6 rings (SSSR count). The molecule has 0 aliphatic heterocycles. The van der Waals surface area contributed by atoms with Crippen molar-refractivity contribution in [3.63, 3.8) is 0 Å². The summed E-state index contributed by atoms with van der Waals surface area (Å²) in [5, 5.41) is 43.4. The van der Waals surface area contributed by atoms with Crippen molar-refractivity contribution in [3.8, 4) is 0 Å². The average molecular weight is 1050 g/mol. The molecule has 0 bridgehead atoms. The van der Waals surface area contributed by atoms with Crippen molar-refractivity contribution in [2.45, 2.75) is 0 Å². The monoisotopic (exact) mass is 1050 g/mol. The van der Waals surface area contributed by atoms with Gasteiger partial charge in [0.1, 0.15) is 22.8 Å². The maximum atomic E-state index is 13.8. The molecule has 0 saturated heterocycles. The molecule has 0 amide bonds. The molecule has 0 aliphatic rings. The van der Waals surface area contributed by atoms with E-state index in [9.17, 15) is 87.8 Å². The topological polar surface area (TPSA) is 156 Å². The van der Waals surface area contributed by atoms with Crippen LogP contribution in [0.5, 0.6) is 0 Å². The van der Waals surface area contributed by atoms with Crippen molar-refractivity contribution in [2.24, 2.45) is 20.6 Å². The Balaban J connectivity index is 0.000000375. The third-order valence-corrected chi connectivity index (χ3v) is 7.77. The number of nitrogens with zero attached hydrogens (tertiary/aromatic N) is 6. The zero-order chi connectivity index (χ0) is 51.5. The quantitative estimate of drug-likeness (QED) is 0.0248. The number of pyridine rings is 2. The summed E-state index contributed by atoms with van der Waals surface area (Å²) in [6, 6.07) is 11.4. The minimum atomic E-state index is -2.69. The molecule has 368 valence electrons. The number of halogens is 20. The molecule has 10 nitrogen and oxygen atoms in total. The normalized spacial score (nSPS) is 11.7. The van der Waals surface area contributed by atoms with Gasteiger partial charge in [-0.15, -0.1) is 0 Å². The molecule has 0 unspecified atom stereocenters. The van der Waals surface area contributed by atoms with E-state index in [4.69, 9.17) is 20.8 Å². The van der Waals surface area contributed by atoms with Crippen molar-refractivity contribution < 1.29 is 126 Å². The van der Waals surface area contributed by atoms with E-state index in [0.717, 1.165) is 0 Å². The molecule has 6 aromatic rings. The van der Waals surface area contributed by atoms with Crippen LogP contribution in [0.4, 0.5) is 87.8 Å². The summed E-state index contributed by atoms with van der Waals surface area (Å²) in [5.74, 6) is -53.2. The van der Waals surface area contributed by atoms with Crippen molar-refractivity contribution >= 4 is 22.8 Å². The molecule has 69 heavy (non-hydrogen) atoms. The zero-order valence-corrected chi connectivity index (χ0v) is 33.3. The first-order valence-electron chi connectivity index (χ1n) is 16.7. The minimum absolute atomic E-state index is 0. The van der Waals surface area contributed by atoms with E-state index in [-0.39, 0.29) is 17.1 Å².